The average Bonchev–Trinajstić information content (AvgIpc) is 1.99. The molecule has 14 heteroatoms. The standard InChI is InChI=1S/C3H3F6NO4S2.Na.H/c4-1-2(5,6)3(7,8)15(11,12)10-16(9,13)14;;/h10H,1H2;;. The average molecular weight is 319 g/mol. The Labute approximate surface area is 114 Å². The van der Waals surface area contributed by atoms with Gasteiger partial charge < -0.3 is 0 Å². The van der Waals surface area contributed by atoms with E-state index in [-0.39, 0.29) is 33.7 Å². The molecule has 0 aliphatic rings. The van der Waals surface area contributed by atoms with Gasteiger partial charge >= 0.3 is 51.1 Å². The molecule has 0 aliphatic carbocycles. The second-order valence-corrected chi connectivity index (χ2v) is 5.44. The third-order valence-electron chi connectivity index (χ3n) is 1.14. The van der Waals surface area contributed by atoms with Gasteiger partial charge in [0, 0.05) is 0 Å². The molecule has 0 amide bonds. The van der Waals surface area contributed by atoms with Gasteiger partial charge in [0.15, 0.2) is 6.67 Å². The second kappa shape index (κ2) is 5.61. The number of alkyl halides is 5. The Morgan fingerprint density at radius 1 is 1.00 bits per heavy atom. The van der Waals surface area contributed by atoms with Crippen LogP contribution in [0.2, 0.25) is 0 Å². The van der Waals surface area contributed by atoms with E-state index in [2.05, 4.69) is 0 Å². The van der Waals surface area contributed by atoms with Crippen LogP contribution in [0.1, 0.15) is 0 Å². The van der Waals surface area contributed by atoms with Gasteiger partial charge in [0.25, 0.3) is 10.0 Å². The summed E-state index contributed by atoms with van der Waals surface area (Å²) in [5.74, 6) is -5.69. The van der Waals surface area contributed by atoms with Gasteiger partial charge in [-0.05, 0) is 0 Å². The summed E-state index contributed by atoms with van der Waals surface area (Å²) >= 11 is 0. The van der Waals surface area contributed by atoms with Crippen molar-refractivity contribution in [2.75, 3.05) is 6.67 Å². The van der Waals surface area contributed by atoms with Crippen molar-refractivity contribution in [2.45, 2.75) is 11.2 Å². The van der Waals surface area contributed by atoms with Crippen LogP contribution in [-0.2, 0) is 20.4 Å². The minimum atomic E-state index is -6.62. The first-order valence-corrected chi connectivity index (χ1v) is 5.93. The van der Waals surface area contributed by atoms with Crippen molar-refractivity contribution in [3.63, 3.8) is 0 Å². The monoisotopic (exact) mass is 319 g/mol. The van der Waals surface area contributed by atoms with Crippen molar-refractivity contribution in [3.8, 4) is 0 Å². The zero-order valence-corrected chi connectivity index (χ0v) is 8.56. The van der Waals surface area contributed by atoms with E-state index in [1.54, 1.807) is 0 Å². The molecule has 0 atom stereocenters. The van der Waals surface area contributed by atoms with Gasteiger partial charge in [-0.25, -0.2) is 12.8 Å². The van der Waals surface area contributed by atoms with Crippen molar-refractivity contribution in [1.29, 1.82) is 0 Å². The summed E-state index contributed by atoms with van der Waals surface area (Å²) in [4.78, 5) is 0. The van der Waals surface area contributed by atoms with Gasteiger partial charge in [0.2, 0.25) is 0 Å². The molecule has 0 aromatic rings. The third-order valence-corrected chi connectivity index (χ3v) is 3.79. The molecule has 0 fully saturated rings. The fraction of sp³-hybridized carbons (Fsp3) is 1.00. The molecule has 0 aliphatic heterocycles. The zero-order chi connectivity index (χ0) is 13.4. The Balaban J connectivity index is 0. The molecule has 0 rings (SSSR count). The van der Waals surface area contributed by atoms with Crippen LogP contribution < -0.4 is 4.13 Å². The molecule has 0 heterocycles. The molecule has 0 saturated carbocycles. The fourth-order valence-corrected chi connectivity index (χ4v) is 2.37. The first kappa shape index (κ1) is 19.8. The summed E-state index contributed by atoms with van der Waals surface area (Å²) in [6.45, 7) is -3.08. The minimum absolute atomic E-state index is 0. The van der Waals surface area contributed by atoms with Gasteiger partial charge in [-0.2, -0.15) is 26.0 Å². The molecular weight excluding hydrogens is 315 g/mol. The van der Waals surface area contributed by atoms with E-state index in [4.69, 9.17) is 0 Å². The number of rotatable bonds is 5. The van der Waals surface area contributed by atoms with E-state index in [9.17, 15) is 42.7 Å². The van der Waals surface area contributed by atoms with Crippen LogP contribution in [0.15, 0.2) is 0 Å². The summed E-state index contributed by atoms with van der Waals surface area (Å²) in [6.07, 6.45) is 0. The van der Waals surface area contributed by atoms with Crippen LogP contribution in [0.5, 0.6) is 0 Å². The van der Waals surface area contributed by atoms with Crippen molar-refractivity contribution in [3.05, 3.63) is 0 Å². The van der Waals surface area contributed by atoms with E-state index >= 15 is 0 Å². The number of hydrogen-bond donors (Lipinski definition) is 1. The third kappa shape index (κ3) is 4.55. The van der Waals surface area contributed by atoms with E-state index < -0.39 is 38.3 Å². The molecule has 0 radical (unpaired) electrons. The van der Waals surface area contributed by atoms with Crippen LogP contribution in [0.4, 0.5) is 25.8 Å². The van der Waals surface area contributed by atoms with E-state index in [1.165, 1.54) is 0 Å². The van der Waals surface area contributed by atoms with Crippen LogP contribution in [-0.4, -0.2) is 64.2 Å². The number of halogens is 6. The molecule has 0 saturated heterocycles. The predicted molar refractivity (Wildman–Crippen MR) is 45.1 cm³/mol. The fourth-order valence-electron chi connectivity index (χ4n) is 0.458. The quantitative estimate of drug-likeness (QED) is 0.427. The van der Waals surface area contributed by atoms with Crippen molar-refractivity contribution in [1.82, 2.24) is 4.13 Å². The normalized spacial score (nSPS) is 14.2. The topological polar surface area (TPSA) is 80.3 Å². The SMILES string of the molecule is O=S(=O)(F)NS(=O)(=O)C(F)(F)C(F)(F)CF.[NaH]. The molecular formula is C3H4F6NNaO4S2. The maximum atomic E-state index is 12.4. The van der Waals surface area contributed by atoms with E-state index in [0.717, 1.165) is 0 Å². The maximum absolute atomic E-state index is 12.4. The Morgan fingerprint density at radius 2 is 1.35 bits per heavy atom. The summed E-state index contributed by atoms with van der Waals surface area (Å²) in [6, 6.07) is 0. The second-order valence-electron chi connectivity index (χ2n) is 2.38. The van der Waals surface area contributed by atoms with Gasteiger partial charge in [0.05, 0.1) is 0 Å². The number of hydrogen-bond acceptors (Lipinski definition) is 4. The first-order valence-electron chi connectivity index (χ1n) is 3.06. The van der Waals surface area contributed by atoms with Crippen LogP contribution in [0.3, 0.4) is 0 Å². The van der Waals surface area contributed by atoms with Gasteiger partial charge in [-0.15, -0.1) is 0 Å². The van der Waals surface area contributed by atoms with Crippen molar-refractivity contribution >= 4 is 50.0 Å². The molecule has 0 bridgehead atoms. The van der Waals surface area contributed by atoms with Crippen LogP contribution in [0.25, 0.3) is 0 Å². The van der Waals surface area contributed by atoms with Gasteiger partial charge in [0.1, 0.15) is 0 Å². The zero-order valence-electron chi connectivity index (χ0n) is 6.92. The van der Waals surface area contributed by atoms with E-state index in [1.807, 2.05) is 0 Å². The van der Waals surface area contributed by atoms with Crippen molar-refractivity contribution < 1.29 is 42.7 Å². The predicted octanol–water partition coefficient (Wildman–Crippen LogP) is -0.331. The first-order chi connectivity index (χ1) is 6.77. The molecule has 100 valence electrons. The molecule has 0 aromatic carbocycles. The Hall–Kier alpha value is 0.440. The van der Waals surface area contributed by atoms with Gasteiger partial charge in [-0.3, -0.25) is 0 Å². The summed E-state index contributed by atoms with van der Waals surface area (Å²) in [5.41, 5.74) is 0. The molecule has 0 unspecified atom stereocenters. The van der Waals surface area contributed by atoms with Crippen molar-refractivity contribution in [2.24, 2.45) is 0 Å². The summed E-state index contributed by atoms with van der Waals surface area (Å²) < 4.78 is 112. The van der Waals surface area contributed by atoms with E-state index in [0.29, 0.717) is 0 Å². The molecule has 17 heavy (non-hydrogen) atoms. The Bertz CT molecular complexity index is 460. The molecule has 1 N–H and O–H groups in total. The molecule has 0 aromatic heterocycles. The molecule has 5 nitrogen and oxygen atoms in total. The van der Waals surface area contributed by atoms with Gasteiger partial charge in [-0.1, -0.05) is 8.01 Å². The number of sulfonamides is 1. The Kier molecular flexibility index (Phi) is 6.52. The molecule has 0 spiro atoms. The summed E-state index contributed by atoms with van der Waals surface area (Å²) in [5, 5.41) is -6.12. The Morgan fingerprint density at radius 3 is 1.59 bits per heavy atom. The number of nitrogens with one attached hydrogen (secondary N) is 1. The summed E-state index contributed by atoms with van der Waals surface area (Å²) in [7, 11) is -12.8. The van der Waals surface area contributed by atoms with Crippen LogP contribution in [0, 0.1) is 0 Å². The van der Waals surface area contributed by atoms with Crippen LogP contribution >= 0.6 is 0 Å².